The lowest BCUT2D eigenvalue weighted by Crippen LogP contribution is -2.18. The highest BCUT2D eigenvalue weighted by atomic mass is 32.1. The smallest absolute Gasteiger partial charge is 0.123 e. The molecule has 0 bridgehead atoms. The number of aromatic nitrogens is 2. The van der Waals surface area contributed by atoms with Crippen LogP contribution in [0.25, 0.3) is 10.6 Å². The van der Waals surface area contributed by atoms with Gasteiger partial charge in [-0.15, -0.1) is 11.3 Å². The Labute approximate surface area is 106 Å². The zero-order valence-electron chi connectivity index (χ0n) is 10.2. The summed E-state index contributed by atoms with van der Waals surface area (Å²) in [7, 11) is 0. The molecule has 3 nitrogen and oxygen atoms in total. The Morgan fingerprint density at radius 1 is 1.35 bits per heavy atom. The van der Waals surface area contributed by atoms with Crippen LogP contribution in [0.1, 0.15) is 31.2 Å². The lowest BCUT2D eigenvalue weighted by molar-refractivity contribution is 0.577. The first-order valence-corrected chi connectivity index (χ1v) is 6.72. The maximum Gasteiger partial charge on any atom is 0.123 e. The largest absolute Gasteiger partial charge is 0.309 e. The molecule has 0 aromatic carbocycles. The van der Waals surface area contributed by atoms with Gasteiger partial charge in [0, 0.05) is 35.1 Å². The van der Waals surface area contributed by atoms with Crippen LogP contribution < -0.4 is 5.32 Å². The van der Waals surface area contributed by atoms with Crippen molar-refractivity contribution in [3.8, 4) is 10.6 Å². The molecule has 0 saturated heterocycles. The van der Waals surface area contributed by atoms with E-state index in [0.29, 0.717) is 6.04 Å². The molecule has 0 aliphatic carbocycles. The highest BCUT2D eigenvalue weighted by molar-refractivity contribution is 7.15. The summed E-state index contributed by atoms with van der Waals surface area (Å²) in [6.45, 7) is 5.40. The monoisotopic (exact) mass is 247 g/mol. The van der Waals surface area contributed by atoms with Crippen molar-refractivity contribution in [3.05, 3.63) is 35.6 Å². The predicted octanol–water partition coefficient (Wildman–Crippen LogP) is 3.27. The van der Waals surface area contributed by atoms with Crippen LogP contribution in [0, 0.1) is 0 Å². The van der Waals surface area contributed by atoms with E-state index < -0.39 is 0 Å². The maximum atomic E-state index is 4.47. The molecule has 2 aromatic rings. The van der Waals surface area contributed by atoms with Gasteiger partial charge in [0.25, 0.3) is 0 Å². The van der Waals surface area contributed by atoms with E-state index in [4.69, 9.17) is 0 Å². The summed E-state index contributed by atoms with van der Waals surface area (Å²) in [5, 5.41) is 4.53. The Bertz CT molecular complexity index is 453. The summed E-state index contributed by atoms with van der Waals surface area (Å²) in [4.78, 5) is 9.77. The quantitative estimate of drug-likeness (QED) is 0.881. The summed E-state index contributed by atoms with van der Waals surface area (Å²) in [6, 6.07) is 4.36. The molecule has 0 aliphatic heterocycles. The van der Waals surface area contributed by atoms with Crippen molar-refractivity contribution in [2.24, 2.45) is 0 Å². The van der Waals surface area contributed by atoms with Crippen LogP contribution in [-0.4, -0.2) is 16.5 Å². The van der Waals surface area contributed by atoms with E-state index in [0.717, 1.165) is 23.5 Å². The molecule has 1 N–H and O–H groups in total. The Hall–Kier alpha value is -1.26. The molecular weight excluding hydrogens is 230 g/mol. The molecule has 2 aromatic heterocycles. The summed E-state index contributed by atoms with van der Waals surface area (Å²) in [6.07, 6.45) is 6.72. The molecule has 0 aliphatic rings. The fourth-order valence-electron chi connectivity index (χ4n) is 1.58. The number of rotatable bonds is 5. The van der Waals surface area contributed by atoms with E-state index in [-0.39, 0.29) is 0 Å². The highest BCUT2D eigenvalue weighted by Crippen LogP contribution is 2.28. The van der Waals surface area contributed by atoms with Crippen LogP contribution in [0.4, 0.5) is 0 Å². The van der Waals surface area contributed by atoms with Gasteiger partial charge in [-0.25, -0.2) is 4.98 Å². The van der Waals surface area contributed by atoms with E-state index in [9.17, 15) is 0 Å². The second-order valence-corrected chi connectivity index (χ2v) is 5.04. The van der Waals surface area contributed by atoms with Gasteiger partial charge in [0.1, 0.15) is 5.01 Å². The molecule has 1 atom stereocenters. The van der Waals surface area contributed by atoms with Crippen molar-refractivity contribution < 1.29 is 0 Å². The summed E-state index contributed by atoms with van der Waals surface area (Å²) < 4.78 is 0. The van der Waals surface area contributed by atoms with Gasteiger partial charge in [0.15, 0.2) is 0 Å². The average molecular weight is 247 g/mol. The molecule has 17 heavy (non-hydrogen) atoms. The minimum absolute atomic E-state index is 0.378. The van der Waals surface area contributed by atoms with Crippen LogP contribution >= 0.6 is 11.3 Å². The van der Waals surface area contributed by atoms with E-state index in [1.807, 2.05) is 18.3 Å². The fraction of sp³-hybridized carbons (Fsp3) is 0.385. The third-order valence-corrected chi connectivity index (χ3v) is 3.81. The minimum atomic E-state index is 0.378. The van der Waals surface area contributed by atoms with Crippen LogP contribution in [0.2, 0.25) is 0 Å². The molecule has 2 heterocycles. The van der Waals surface area contributed by atoms with E-state index >= 15 is 0 Å². The number of nitrogens with one attached hydrogen (secondary N) is 1. The van der Waals surface area contributed by atoms with Gasteiger partial charge in [-0.1, -0.05) is 6.92 Å². The molecule has 90 valence electrons. The van der Waals surface area contributed by atoms with E-state index in [2.05, 4.69) is 29.1 Å². The SMILES string of the molecule is CCCNC(C)c1cnc(-c2ccncc2)s1. The molecule has 0 radical (unpaired) electrons. The lowest BCUT2D eigenvalue weighted by atomic mass is 10.3. The topological polar surface area (TPSA) is 37.8 Å². The number of hydrogen-bond acceptors (Lipinski definition) is 4. The van der Waals surface area contributed by atoms with Crippen molar-refractivity contribution in [2.75, 3.05) is 6.54 Å². The predicted molar refractivity (Wildman–Crippen MR) is 72.1 cm³/mol. The zero-order valence-corrected chi connectivity index (χ0v) is 11.0. The third kappa shape index (κ3) is 3.11. The van der Waals surface area contributed by atoms with Gasteiger partial charge in [-0.2, -0.15) is 0 Å². The Kier molecular flexibility index (Phi) is 4.23. The number of thiazole rings is 1. The summed E-state index contributed by atoms with van der Waals surface area (Å²) in [5.74, 6) is 0. The normalized spacial score (nSPS) is 12.6. The summed E-state index contributed by atoms with van der Waals surface area (Å²) >= 11 is 1.74. The second-order valence-electron chi connectivity index (χ2n) is 3.98. The maximum absolute atomic E-state index is 4.47. The minimum Gasteiger partial charge on any atom is -0.309 e. The van der Waals surface area contributed by atoms with Crippen LogP contribution in [0.5, 0.6) is 0 Å². The third-order valence-electron chi connectivity index (χ3n) is 2.58. The molecule has 0 spiro atoms. The Morgan fingerprint density at radius 3 is 2.82 bits per heavy atom. The van der Waals surface area contributed by atoms with Crippen molar-refractivity contribution in [2.45, 2.75) is 26.3 Å². The zero-order chi connectivity index (χ0) is 12.1. The highest BCUT2D eigenvalue weighted by Gasteiger charge is 2.09. The first kappa shape index (κ1) is 12.2. The molecule has 2 rings (SSSR count). The fourth-order valence-corrected chi connectivity index (χ4v) is 2.52. The van der Waals surface area contributed by atoms with Crippen LogP contribution in [0.3, 0.4) is 0 Å². The van der Waals surface area contributed by atoms with Gasteiger partial charge >= 0.3 is 0 Å². The van der Waals surface area contributed by atoms with Gasteiger partial charge in [-0.05, 0) is 32.0 Å². The first-order chi connectivity index (χ1) is 8.31. The molecule has 0 fully saturated rings. The first-order valence-electron chi connectivity index (χ1n) is 5.90. The number of pyridine rings is 1. The Morgan fingerprint density at radius 2 is 2.12 bits per heavy atom. The molecule has 1 unspecified atom stereocenters. The van der Waals surface area contributed by atoms with E-state index in [1.165, 1.54) is 4.88 Å². The summed E-state index contributed by atoms with van der Waals surface area (Å²) in [5.41, 5.74) is 1.14. The van der Waals surface area contributed by atoms with Crippen molar-refractivity contribution >= 4 is 11.3 Å². The molecular formula is C13H17N3S. The van der Waals surface area contributed by atoms with Gasteiger partial charge in [0.05, 0.1) is 0 Å². The van der Waals surface area contributed by atoms with Crippen LogP contribution in [0.15, 0.2) is 30.7 Å². The van der Waals surface area contributed by atoms with Crippen LogP contribution in [-0.2, 0) is 0 Å². The molecule has 0 saturated carbocycles. The van der Waals surface area contributed by atoms with Crippen molar-refractivity contribution in [1.29, 1.82) is 0 Å². The number of hydrogen-bond donors (Lipinski definition) is 1. The lowest BCUT2D eigenvalue weighted by Gasteiger charge is -2.09. The van der Waals surface area contributed by atoms with Crippen molar-refractivity contribution in [3.63, 3.8) is 0 Å². The molecule has 0 amide bonds. The number of nitrogens with zero attached hydrogens (tertiary/aromatic N) is 2. The standard InChI is InChI=1S/C13H17N3S/c1-3-6-15-10(2)12-9-16-13(17-12)11-4-7-14-8-5-11/h4-5,7-10,15H,3,6H2,1-2H3. The van der Waals surface area contributed by atoms with Gasteiger partial charge < -0.3 is 5.32 Å². The van der Waals surface area contributed by atoms with Gasteiger partial charge in [-0.3, -0.25) is 4.98 Å². The molecule has 4 heteroatoms. The Balaban J connectivity index is 2.11. The van der Waals surface area contributed by atoms with E-state index in [1.54, 1.807) is 23.7 Å². The van der Waals surface area contributed by atoms with Gasteiger partial charge in [0.2, 0.25) is 0 Å². The average Bonchev–Trinajstić information content (AvgIpc) is 2.86. The van der Waals surface area contributed by atoms with Crippen molar-refractivity contribution in [1.82, 2.24) is 15.3 Å². The second kappa shape index (κ2) is 5.89.